The van der Waals surface area contributed by atoms with Crippen molar-refractivity contribution in [2.45, 2.75) is 64.4 Å². The minimum Gasteiger partial charge on any atom is -0.393 e. The molecule has 100 valence electrons. The van der Waals surface area contributed by atoms with E-state index in [9.17, 15) is 5.11 Å². The largest absolute Gasteiger partial charge is 0.393 e. The Hall–Kier alpha value is -0.820. The Morgan fingerprint density at radius 2 is 1.72 bits per heavy atom. The molecule has 2 rings (SSSR count). The molecule has 1 unspecified atom stereocenters. The molecule has 1 fully saturated rings. The van der Waals surface area contributed by atoms with Crippen LogP contribution in [0.1, 0.15) is 63.0 Å². The van der Waals surface area contributed by atoms with Gasteiger partial charge in [-0.15, -0.1) is 0 Å². The summed E-state index contributed by atoms with van der Waals surface area (Å²) in [4.78, 5) is 0. The van der Waals surface area contributed by atoms with Gasteiger partial charge in [0.1, 0.15) is 0 Å². The van der Waals surface area contributed by atoms with Crippen molar-refractivity contribution in [3.63, 3.8) is 0 Å². The standard InChI is InChI=1S/C17H26O/c1-13(2)15-10-7-14(8-11-15)9-12-17(18)16-5-3-4-6-16/h7-8,10-11,13,16-18H,3-6,9,12H2,1-2H3. The van der Waals surface area contributed by atoms with Gasteiger partial charge in [-0.25, -0.2) is 0 Å². The van der Waals surface area contributed by atoms with Crippen LogP contribution in [0.3, 0.4) is 0 Å². The maximum Gasteiger partial charge on any atom is 0.0571 e. The monoisotopic (exact) mass is 246 g/mol. The SMILES string of the molecule is CC(C)c1ccc(CCC(O)C2CCCC2)cc1. The number of benzene rings is 1. The predicted molar refractivity (Wildman–Crippen MR) is 76.8 cm³/mol. The topological polar surface area (TPSA) is 20.2 Å². The van der Waals surface area contributed by atoms with Crippen molar-refractivity contribution >= 4 is 0 Å². The molecule has 0 amide bonds. The maximum atomic E-state index is 10.2. The molecule has 1 nitrogen and oxygen atoms in total. The molecule has 1 aromatic carbocycles. The third kappa shape index (κ3) is 3.58. The Morgan fingerprint density at radius 1 is 1.11 bits per heavy atom. The minimum atomic E-state index is -0.0859. The van der Waals surface area contributed by atoms with E-state index in [-0.39, 0.29) is 6.10 Å². The molecule has 1 aromatic rings. The van der Waals surface area contributed by atoms with E-state index in [0.717, 1.165) is 12.8 Å². The first-order valence-corrected chi connectivity index (χ1v) is 7.43. The molecule has 1 N–H and O–H groups in total. The highest BCUT2D eigenvalue weighted by Crippen LogP contribution is 2.29. The summed E-state index contributed by atoms with van der Waals surface area (Å²) < 4.78 is 0. The van der Waals surface area contributed by atoms with Crippen LogP contribution in [-0.2, 0) is 6.42 Å². The summed E-state index contributed by atoms with van der Waals surface area (Å²) in [7, 11) is 0. The van der Waals surface area contributed by atoms with Crippen LogP contribution in [0, 0.1) is 5.92 Å². The highest BCUT2D eigenvalue weighted by Gasteiger charge is 2.22. The second kappa shape index (κ2) is 6.38. The van der Waals surface area contributed by atoms with Gasteiger partial charge in [0.05, 0.1) is 6.10 Å². The van der Waals surface area contributed by atoms with E-state index in [1.807, 2.05) is 0 Å². The van der Waals surface area contributed by atoms with Crippen LogP contribution in [-0.4, -0.2) is 11.2 Å². The van der Waals surface area contributed by atoms with E-state index in [0.29, 0.717) is 11.8 Å². The van der Waals surface area contributed by atoms with Crippen molar-refractivity contribution in [2.75, 3.05) is 0 Å². The fraction of sp³-hybridized carbons (Fsp3) is 0.647. The Morgan fingerprint density at radius 3 is 2.28 bits per heavy atom. The molecule has 1 heteroatoms. The molecule has 0 heterocycles. The van der Waals surface area contributed by atoms with Crippen LogP contribution in [0.4, 0.5) is 0 Å². The average molecular weight is 246 g/mol. The van der Waals surface area contributed by atoms with Gasteiger partial charge in [-0.3, -0.25) is 0 Å². The van der Waals surface area contributed by atoms with Gasteiger partial charge in [-0.05, 0) is 48.6 Å². The quantitative estimate of drug-likeness (QED) is 0.821. The molecule has 0 radical (unpaired) electrons. The first-order chi connectivity index (χ1) is 8.66. The second-order valence-electron chi connectivity index (χ2n) is 6.05. The zero-order valence-corrected chi connectivity index (χ0v) is 11.7. The summed E-state index contributed by atoms with van der Waals surface area (Å²) in [6.07, 6.45) is 6.93. The fourth-order valence-electron chi connectivity index (χ4n) is 2.96. The lowest BCUT2D eigenvalue weighted by molar-refractivity contribution is 0.102. The minimum absolute atomic E-state index is 0.0859. The van der Waals surface area contributed by atoms with Crippen molar-refractivity contribution < 1.29 is 5.11 Å². The van der Waals surface area contributed by atoms with E-state index in [2.05, 4.69) is 38.1 Å². The van der Waals surface area contributed by atoms with Crippen LogP contribution >= 0.6 is 0 Å². The zero-order chi connectivity index (χ0) is 13.0. The number of aliphatic hydroxyl groups excluding tert-OH is 1. The van der Waals surface area contributed by atoms with Gasteiger partial charge in [0.15, 0.2) is 0 Å². The Balaban J connectivity index is 1.82. The molecule has 0 spiro atoms. The summed E-state index contributed by atoms with van der Waals surface area (Å²) in [6, 6.07) is 8.89. The molecule has 1 aliphatic rings. The Labute approximate surface area is 111 Å². The fourth-order valence-corrected chi connectivity index (χ4v) is 2.96. The van der Waals surface area contributed by atoms with E-state index in [1.165, 1.54) is 36.8 Å². The third-order valence-electron chi connectivity index (χ3n) is 4.32. The summed E-state index contributed by atoms with van der Waals surface area (Å²) in [5, 5.41) is 10.2. The van der Waals surface area contributed by atoms with Crippen LogP contribution in [0.25, 0.3) is 0 Å². The van der Waals surface area contributed by atoms with Crippen LogP contribution < -0.4 is 0 Å². The van der Waals surface area contributed by atoms with E-state index in [1.54, 1.807) is 0 Å². The molecule has 0 bridgehead atoms. The zero-order valence-electron chi connectivity index (χ0n) is 11.7. The Bertz CT molecular complexity index is 346. The van der Waals surface area contributed by atoms with Crippen molar-refractivity contribution in [2.24, 2.45) is 5.92 Å². The van der Waals surface area contributed by atoms with Crippen LogP contribution in [0.15, 0.2) is 24.3 Å². The van der Waals surface area contributed by atoms with E-state index in [4.69, 9.17) is 0 Å². The second-order valence-corrected chi connectivity index (χ2v) is 6.05. The van der Waals surface area contributed by atoms with Gasteiger partial charge in [0, 0.05) is 0 Å². The van der Waals surface area contributed by atoms with E-state index < -0.39 is 0 Å². The molecule has 0 aromatic heterocycles. The first kappa shape index (κ1) is 13.6. The van der Waals surface area contributed by atoms with Crippen LogP contribution in [0.5, 0.6) is 0 Å². The molecular weight excluding hydrogens is 220 g/mol. The van der Waals surface area contributed by atoms with Gasteiger partial charge in [-0.1, -0.05) is 51.0 Å². The third-order valence-corrected chi connectivity index (χ3v) is 4.32. The molecule has 1 aliphatic carbocycles. The summed E-state index contributed by atoms with van der Waals surface area (Å²) in [5.41, 5.74) is 2.76. The number of hydrogen-bond donors (Lipinski definition) is 1. The number of aryl methyl sites for hydroxylation is 1. The molecule has 18 heavy (non-hydrogen) atoms. The van der Waals surface area contributed by atoms with Crippen molar-refractivity contribution in [3.8, 4) is 0 Å². The lowest BCUT2D eigenvalue weighted by atomic mass is 9.94. The lowest BCUT2D eigenvalue weighted by Crippen LogP contribution is -2.18. The molecular formula is C17H26O. The number of hydrogen-bond acceptors (Lipinski definition) is 1. The Kier molecular flexibility index (Phi) is 4.82. The number of aliphatic hydroxyl groups is 1. The average Bonchev–Trinajstić information content (AvgIpc) is 2.90. The van der Waals surface area contributed by atoms with E-state index >= 15 is 0 Å². The first-order valence-electron chi connectivity index (χ1n) is 7.43. The highest BCUT2D eigenvalue weighted by atomic mass is 16.3. The summed E-state index contributed by atoms with van der Waals surface area (Å²) >= 11 is 0. The molecule has 1 saturated carbocycles. The van der Waals surface area contributed by atoms with Crippen molar-refractivity contribution in [1.82, 2.24) is 0 Å². The molecule has 1 atom stereocenters. The van der Waals surface area contributed by atoms with Crippen molar-refractivity contribution in [1.29, 1.82) is 0 Å². The van der Waals surface area contributed by atoms with Crippen LogP contribution in [0.2, 0.25) is 0 Å². The van der Waals surface area contributed by atoms with Gasteiger partial charge >= 0.3 is 0 Å². The van der Waals surface area contributed by atoms with Gasteiger partial charge < -0.3 is 5.11 Å². The smallest absolute Gasteiger partial charge is 0.0571 e. The lowest BCUT2D eigenvalue weighted by Gasteiger charge is -2.17. The normalized spacial score (nSPS) is 18.4. The number of rotatable bonds is 5. The summed E-state index contributed by atoms with van der Waals surface area (Å²) in [6.45, 7) is 4.44. The van der Waals surface area contributed by atoms with Gasteiger partial charge in [-0.2, -0.15) is 0 Å². The summed E-state index contributed by atoms with van der Waals surface area (Å²) in [5.74, 6) is 1.17. The predicted octanol–water partition coefficient (Wildman–Crippen LogP) is 4.29. The molecule has 0 saturated heterocycles. The molecule has 0 aliphatic heterocycles. The van der Waals surface area contributed by atoms with Gasteiger partial charge in [0.2, 0.25) is 0 Å². The maximum absolute atomic E-state index is 10.2. The van der Waals surface area contributed by atoms with Crippen molar-refractivity contribution in [3.05, 3.63) is 35.4 Å². The van der Waals surface area contributed by atoms with Gasteiger partial charge in [0.25, 0.3) is 0 Å². The highest BCUT2D eigenvalue weighted by molar-refractivity contribution is 5.24.